The molecule has 0 unspecified atom stereocenters. The molecule has 0 saturated carbocycles. The highest BCUT2D eigenvalue weighted by molar-refractivity contribution is 5.91. The predicted molar refractivity (Wildman–Crippen MR) is 78.2 cm³/mol. The van der Waals surface area contributed by atoms with E-state index in [2.05, 4.69) is 10.3 Å². The van der Waals surface area contributed by atoms with Crippen molar-refractivity contribution in [1.82, 2.24) is 4.98 Å². The van der Waals surface area contributed by atoms with Gasteiger partial charge in [-0.1, -0.05) is 0 Å². The maximum Gasteiger partial charge on any atom is 0.145 e. The quantitative estimate of drug-likeness (QED) is 0.863. The lowest BCUT2D eigenvalue weighted by Crippen LogP contribution is -2.01. The number of aromatic nitrogens is 1. The first-order valence-electron chi connectivity index (χ1n) is 6.73. The van der Waals surface area contributed by atoms with Crippen molar-refractivity contribution in [3.05, 3.63) is 24.3 Å². The summed E-state index contributed by atoms with van der Waals surface area (Å²) in [7, 11) is 0. The molecule has 0 amide bonds. The van der Waals surface area contributed by atoms with Gasteiger partial charge in [0.15, 0.2) is 0 Å². The highest BCUT2D eigenvalue weighted by atomic mass is 16.5. The van der Waals surface area contributed by atoms with Crippen LogP contribution in [0.25, 0.3) is 10.9 Å². The van der Waals surface area contributed by atoms with Crippen LogP contribution in [-0.2, 0) is 0 Å². The SMILES string of the molecule is CCNc1ccc2c(OCC)ccc(OCC)c2n1. The molecule has 0 radical (unpaired) electrons. The van der Waals surface area contributed by atoms with Crippen LogP contribution in [0.3, 0.4) is 0 Å². The van der Waals surface area contributed by atoms with E-state index < -0.39 is 0 Å². The Hall–Kier alpha value is -1.97. The molecule has 19 heavy (non-hydrogen) atoms. The lowest BCUT2D eigenvalue weighted by atomic mass is 10.2. The van der Waals surface area contributed by atoms with Crippen molar-refractivity contribution >= 4 is 16.7 Å². The zero-order valence-electron chi connectivity index (χ0n) is 11.7. The Morgan fingerprint density at radius 2 is 1.63 bits per heavy atom. The van der Waals surface area contributed by atoms with Gasteiger partial charge in [0.2, 0.25) is 0 Å². The molecule has 2 rings (SSSR count). The van der Waals surface area contributed by atoms with E-state index in [1.165, 1.54) is 0 Å². The summed E-state index contributed by atoms with van der Waals surface area (Å²) in [5, 5.41) is 4.19. The lowest BCUT2D eigenvalue weighted by Gasteiger charge is -2.12. The van der Waals surface area contributed by atoms with Crippen molar-refractivity contribution in [1.29, 1.82) is 0 Å². The summed E-state index contributed by atoms with van der Waals surface area (Å²) in [6.07, 6.45) is 0. The summed E-state index contributed by atoms with van der Waals surface area (Å²) < 4.78 is 11.3. The molecule has 0 aliphatic rings. The molecule has 102 valence electrons. The zero-order valence-corrected chi connectivity index (χ0v) is 11.7. The monoisotopic (exact) mass is 260 g/mol. The minimum Gasteiger partial charge on any atom is -0.493 e. The van der Waals surface area contributed by atoms with Crippen molar-refractivity contribution in [3.63, 3.8) is 0 Å². The number of nitrogens with zero attached hydrogens (tertiary/aromatic N) is 1. The zero-order chi connectivity index (χ0) is 13.7. The molecule has 1 aromatic carbocycles. The Kier molecular flexibility index (Phi) is 4.44. The van der Waals surface area contributed by atoms with Gasteiger partial charge in [0, 0.05) is 11.9 Å². The van der Waals surface area contributed by atoms with Crippen molar-refractivity contribution in [2.45, 2.75) is 20.8 Å². The summed E-state index contributed by atoms with van der Waals surface area (Å²) in [5.74, 6) is 2.49. The first-order valence-corrected chi connectivity index (χ1v) is 6.73. The van der Waals surface area contributed by atoms with Crippen LogP contribution in [0.15, 0.2) is 24.3 Å². The third kappa shape index (κ3) is 2.89. The fourth-order valence-corrected chi connectivity index (χ4v) is 2.00. The number of hydrogen-bond acceptors (Lipinski definition) is 4. The topological polar surface area (TPSA) is 43.4 Å². The molecule has 0 saturated heterocycles. The third-order valence-corrected chi connectivity index (χ3v) is 2.74. The van der Waals surface area contributed by atoms with E-state index in [4.69, 9.17) is 9.47 Å². The molecule has 0 bridgehead atoms. The second-order valence-electron chi connectivity index (χ2n) is 4.05. The molecule has 0 aliphatic carbocycles. The number of nitrogens with one attached hydrogen (secondary N) is 1. The minimum absolute atomic E-state index is 0.621. The molecule has 2 aromatic rings. The van der Waals surface area contributed by atoms with Crippen LogP contribution in [0, 0.1) is 0 Å². The first kappa shape index (κ1) is 13.5. The van der Waals surface area contributed by atoms with Crippen LogP contribution in [0.5, 0.6) is 11.5 Å². The van der Waals surface area contributed by atoms with E-state index in [0.29, 0.717) is 13.2 Å². The van der Waals surface area contributed by atoms with Crippen molar-refractivity contribution in [2.75, 3.05) is 25.1 Å². The van der Waals surface area contributed by atoms with Gasteiger partial charge in [-0.25, -0.2) is 4.98 Å². The Balaban J connectivity index is 2.55. The molecule has 0 spiro atoms. The molecule has 4 heteroatoms. The van der Waals surface area contributed by atoms with Crippen molar-refractivity contribution in [2.24, 2.45) is 0 Å². The maximum atomic E-state index is 5.64. The van der Waals surface area contributed by atoms with Gasteiger partial charge in [0.05, 0.1) is 13.2 Å². The van der Waals surface area contributed by atoms with E-state index in [1.54, 1.807) is 0 Å². The maximum absolute atomic E-state index is 5.64. The van der Waals surface area contributed by atoms with Crippen LogP contribution in [-0.4, -0.2) is 24.7 Å². The molecular weight excluding hydrogens is 240 g/mol. The Bertz CT molecular complexity index is 555. The van der Waals surface area contributed by atoms with Crippen molar-refractivity contribution < 1.29 is 9.47 Å². The third-order valence-electron chi connectivity index (χ3n) is 2.74. The Morgan fingerprint density at radius 1 is 0.947 bits per heavy atom. The Morgan fingerprint density at radius 3 is 2.32 bits per heavy atom. The minimum atomic E-state index is 0.621. The highest BCUT2D eigenvalue weighted by Crippen LogP contribution is 2.32. The second kappa shape index (κ2) is 6.27. The number of rotatable bonds is 6. The molecule has 1 heterocycles. The lowest BCUT2D eigenvalue weighted by molar-refractivity contribution is 0.336. The summed E-state index contributed by atoms with van der Waals surface area (Å²) in [6, 6.07) is 7.84. The molecular formula is C15H20N2O2. The number of ether oxygens (including phenoxy) is 2. The van der Waals surface area contributed by atoms with Gasteiger partial charge in [0.25, 0.3) is 0 Å². The van der Waals surface area contributed by atoms with Crippen LogP contribution in [0.1, 0.15) is 20.8 Å². The predicted octanol–water partition coefficient (Wildman–Crippen LogP) is 3.46. The number of anilines is 1. The summed E-state index contributed by atoms with van der Waals surface area (Å²) >= 11 is 0. The Labute approximate surface area is 113 Å². The molecule has 0 fully saturated rings. The van der Waals surface area contributed by atoms with Crippen LogP contribution >= 0.6 is 0 Å². The average molecular weight is 260 g/mol. The van der Waals surface area contributed by atoms with Gasteiger partial charge < -0.3 is 14.8 Å². The largest absolute Gasteiger partial charge is 0.493 e. The van der Waals surface area contributed by atoms with Gasteiger partial charge in [-0.15, -0.1) is 0 Å². The fourth-order valence-electron chi connectivity index (χ4n) is 2.00. The summed E-state index contributed by atoms with van der Waals surface area (Å²) in [6.45, 7) is 8.09. The van der Waals surface area contributed by atoms with E-state index in [-0.39, 0.29) is 0 Å². The van der Waals surface area contributed by atoms with Gasteiger partial charge in [0.1, 0.15) is 22.8 Å². The number of pyridine rings is 1. The van der Waals surface area contributed by atoms with Crippen LogP contribution in [0.4, 0.5) is 5.82 Å². The first-order chi connectivity index (χ1) is 9.30. The summed E-state index contributed by atoms with van der Waals surface area (Å²) in [5.41, 5.74) is 0.839. The van der Waals surface area contributed by atoms with E-state index in [0.717, 1.165) is 34.8 Å². The number of fused-ring (bicyclic) bond motifs is 1. The number of benzene rings is 1. The molecule has 0 aliphatic heterocycles. The average Bonchev–Trinajstić information content (AvgIpc) is 2.42. The van der Waals surface area contributed by atoms with Gasteiger partial charge in [-0.05, 0) is 45.0 Å². The fraction of sp³-hybridized carbons (Fsp3) is 0.400. The molecule has 4 nitrogen and oxygen atoms in total. The van der Waals surface area contributed by atoms with E-state index in [1.807, 2.05) is 45.0 Å². The van der Waals surface area contributed by atoms with E-state index >= 15 is 0 Å². The summed E-state index contributed by atoms with van der Waals surface area (Å²) in [4.78, 5) is 4.61. The molecule has 1 N–H and O–H groups in total. The molecule has 1 aromatic heterocycles. The second-order valence-corrected chi connectivity index (χ2v) is 4.05. The highest BCUT2D eigenvalue weighted by Gasteiger charge is 2.10. The van der Waals surface area contributed by atoms with Gasteiger partial charge in [-0.2, -0.15) is 0 Å². The van der Waals surface area contributed by atoms with Crippen LogP contribution in [0.2, 0.25) is 0 Å². The normalized spacial score (nSPS) is 10.5. The van der Waals surface area contributed by atoms with Gasteiger partial charge >= 0.3 is 0 Å². The smallest absolute Gasteiger partial charge is 0.145 e. The van der Waals surface area contributed by atoms with Gasteiger partial charge in [-0.3, -0.25) is 0 Å². The molecule has 0 atom stereocenters. The van der Waals surface area contributed by atoms with Crippen LogP contribution < -0.4 is 14.8 Å². The van der Waals surface area contributed by atoms with Crippen molar-refractivity contribution in [3.8, 4) is 11.5 Å². The standard InChI is InChI=1S/C15H20N2O2/c1-4-16-14-10-7-11-12(18-5-2)8-9-13(19-6-3)15(11)17-14/h7-10H,4-6H2,1-3H3,(H,16,17). The number of hydrogen-bond donors (Lipinski definition) is 1. The van der Waals surface area contributed by atoms with E-state index in [9.17, 15) is 0 Å².